The highest BCUT2D eigenvalue weighted by atomic mass is 19.3. The van der Waals surface area contributed by atoms with Crippen molar-refractivity contribution < 1.29 is 13.5 Å². The molecule has 0 saturated heterocycles. The molecule has 138 valence electrons. The minimum absolute atomic E-state index is 0.0790. The fourth-order valence-electron chi connectivity index (χ4n) is 2.89. The Labute approximate surface area is 152 Å². The number of alkyl halides is 2. The summed E-state index contributed by atoms with van der Waals surface area (Å²) in [5.41, 5.74) is 1.42. The smallest absolute Gasteiger partial charge is 0.277 e. The van der Waals surface area contributed by atoms with Gasteiger partial charge < -0.3 is 10.1 Å². The third kappa shape index (κ3) is 2.96. The molecule has 4 rings (SSSR count). The molecule has 0 aliphatic carbocycles. The van der Waals surface area contributed by atoms with E-state index in [1.807, 2.05) is 0 Å². The lowest BCUT2D eigenvalue weighted by Gasteiger charge is -2.25. The lowest BCUT2D eigenvalue weighted by Crippen LogP contribution is -2.39. The van der Waals surface area contributed by atoms with Crippen LogP contribution in [0.1, 0.15) is 6.92 Å². The highest BCUT2D eigenvalue weighted by molar-refractivity contribution is 5.91. The summed E-state index contributed by atoms with van der Waals surface area (Å²) in [6, 6.07) is 3.39. The maximum absolute atomic E-state index is 13.7. The molecule has 0 bridgehead atoms. The van der Waals surface area contributed by atoms with Gasteiger partial charge in [0.15, 0.2) is 17.7 Å². The van der Waals surface area contributed by atoms with Gasteiger partial charge in [-0.2, -0.15) is 0 Å². The standard InChI is InChI=1S/C16H14F2N8O/c1-2-27-12-9(14-21-5-19-6-22-14)3-4-10-11(12)26(15(25-10)13(17)18)16-23-7-20-8-24-16/h3-8,13,15,25H,2H2,1H3. The van der Waals surface area contributed by atoms with Gasteiger partial charge in [0, 0.05) is 0 Å². The summed E-state index contributed by atoms with van der Waals surface area (Å²) in [6.07, 6.45) is 1.15. The molecule has 27 heavy (non-hydrogen) atoms. The van der Waals surface area contributed by atoms with Gasteiger partial charge in [0.05, 0.1) is 17.9 Å². The summed E-state index contributed by atoms with van der Waals surface area (Å²) in [7, 11) is 0. The van der Waals surface area contributed by atoms with Crippen LogP contribution in [-0.4, -0.2) is 49.1 Å². The molecular weight excluding hydrogens is 358 g/mol. The number of rotatable bonds is 5. The Hall–Kier alpha value is -3.50. The lowest BCUT2D eigenvalue weighted by molar-refractivity contribution is 0.127. The molecule has 1 atom stereocenters. The summed E-state index contributed by atoms with van der Waals surface area (Å²) in [5.74, 6) is 0.805. The second-order valence-corrected chi connectivity index (χ2v) is 5.47. The van der Waals surface area contributed by atoms with Gasteiger partial charge in [-0.05, 0) is 19.1 Å². The molecule has 9 nitrogen and oxygen atoms in total. The Morgan fingerprint density at radius 3 is 2.37 bits per heavy atom. The van der Waals surface area contributed by atoms with Gasteiger partial charge in [-0.1, -0.05) is 0 Å². The maximum atomic E-state index is 13.7. The number of fused-ring (bicyclic) bond motifs is 1. The van der Waals surface area contributed by atoms with Crippen LogP contribution in [-0.2, 0) is 0 Å². The van der Waals surface area contributed by atoms with E-state index in [4.69, 9.17) is 4.74 Å². The minimum atomic E-state index is -2.70. The Kier molecular flexibility index (Phi) is 4.40. The highest BCUT2D eigenvalue weighted by Gasteiger charge is 2.41. The van der Waals surface area contributed by atoms with Crippen LogP contribution < -0.4 is 15.0 Å². The first-order chi connectivity index (χ1) is 13.2. The number of hydrogen-bond acceptors (Lipinski definition) is 9. The first kappa shape index (κ1) is 16.9. The van der Waals surface area contributed by atoms with Crippen LogP contribution in [0.3, 0.4) is 0 Å². The maximum Gasteiger partial charge on any atom is 0.277 e. The predicted octanol–water partition coefficient (Wildman–Crippen LogP) is 2.28. The highest BCUT2D eigenvalue weighted by Crippen LogP contribution is 2.50. The van der Waals surface area contributed by atoms with Crippen molar-refractivity contribution in [1.82, 2.24) is 29.9 Å². The first-order valence-corrected chi connectivity index (χ1v) is 8.08. The number of anilines is 3. The summed E-state index contributed by atoms with van der Waals surface area (Å²) in [5, 5.41) is 2.80. The topological polar surface area (TPSA) is 102 Å². The SMILES string of the molecule is CCOc1c(-c2ncncn2)ccc2c1N(c1ncncn1)C(C(F)F)N2. The normalized spacial score (nSPS) is 15.6. The zero-order valence-corrected chi connectivity index (χ0v) is 14.1. The van der Waals surface area contributed by atoms with Crippen LogP contribution >= 0.6 is 0 Å². The number of aromatic nitrogens is 6. The van der Waals surface area contributed by atoms with Gasteiger partial charge in [0.1, 0.15) is 31.0 Å². The van der Waals surface area contributed by atoms with Crippen LogP contribution in [0, 0.1) is 0 Å². The van der Waals surface area contributed by atoms with E-state index in [0.29, 0.717) is 35.1 Å². The molecule has 1 aliphatic rings. The molecule has 1 unspecified atom stereocenters. The third-order valence-corrected chi connectivity index (χ3v) is 3.91. The predicted molar refractivity (Wildman–Crippen MR) is 91.8 cm³/mol. The number of ether oxygens (including phenoxy) is 1. The molecule has 1 aromatic carbocycles. The first-order valence-electron chi connectivity index (χ1n) is 8.08. The lowest BCUT2D eigenvalue weighted by atomic mass is 10.1. The van der Waals surface area contributed by atoms with E-state index >= 15 is 0 Å². The van der Waals surface area contributed by atoms with Crippen molar-refractivity contribution in [3.05, 3.63) is 37.4 Å². The minimum Gasteiger partial charge on any atom is -0.491 e. The zero-order valence-electron chi connectivity index (χ0n) is 14.1. The van der Waals surface area contributed by atoms with Crippen molar-refractivity contribution in [3.63, 3.8) is 0 Å². The average molecular weight is 372 g/mol. The fraction of sp³-hybridized carbons (Fsp3) is 0.250. The molecule has 0 spiro atoms. The molecule has 1 N–H and O–H groups in total. The molecule has 11 heteroatoms. The van der Waals surface area contributed by atoms with Crippen LogP contribution in [0.4, 0.5) is 26.1 Å². The van der Waals surface area contributed by atoms with E-state index in [9.17, 15) is 8.78 Å². The monoisotopic (exact) mass is 372 g/mol. The van der Waals surface area contributed by atoms with Crippen LogP contribution in [0.25, 0.3) is 11.4 Å². The molecule has 0 radical (unpaired) electrons. The van der Waals surface area contributed by atoms with Gasteiger partial charge in [0.25, 0.3) is 6.43 Å². The second kappa shape index (κ2) is 7.02. The number of nitrogens with one attached hydrogen (secondary N) is 1. The van der Waals surface area contributed by atoms with Gasteiger partial charge in [-0.15, -0.1) is 0 Å². The Morgan fingerprint density at radius 2 is 1.74 bits per heavy atom. The number of benzene rings is 1. The largest absolute Gasteiger partial charge is 0.491 e. The van der Waals surface area contributed by atoms with Gasteiger partial charge in [-0.3, -0.25) is 4.90 Å². The molecule has 3 aromatic rings. The summed E-state index contributed by atoms with van der Waals surface area (Å²) >= 11 is 0. The molecule has 0 fully saturated rings. The van der Waals surface area contributed by atoms with Crippen molar-refractivity contribution in [2.24, 2.45) is 0 Å². The molecular formula is C16H14F2N8O. The van der Waals surface area contributed by atoms with E-state index in [-0.39, 0.29) is 5.95 Å². The summed E-state index contributed by atoms with van der Waals surface area (Å²) in [4.78, 5) is 25.2. The Bertz CT molecular complexity index is 928. The van der Waals surface area contributed by atoms with Gasteiger partial charge in [0.2, 0.25) is 5.95 Å². The Balaban J connectivity index is 1.93. The van der Waals surface area contributed by atoms with E-state index in [1.54, 1.807) is 19.1 Å². The summed E-state index contributed by atoms with van der Waals surface area (Å²) < 4.78 is 33.3. The molecule has 3 heterocycles. The number of hydrogen-bond donors (Lipinski definition) is 1. The number of nitrogens with zero attached hydrogens (tertiary/aromatic N) is 7. The summed E-state index contributed by atoms with van der Waals surface area (Å²) in [6.45, 7) is 2.12. The molecule has 0 saturated carbocycles. The van der Waals surface area contributed by atoms with Crippen molar-refractivity contribution in [2.45, 2.75) is 19.5 Å². The van der Waals surface area contributed by atoms with Gasteiger partial charge >= 0.3 is 0 Å². The van der Waals surface area contributed by atoms with Crippen molar-refractivity contribution in [1.29, 1.82) is 0 Å². The van der Waals surface area contributed by atoms with Crippen LogP contribution in [0.5, 0.6) is 5.75 Å². The molecule has 0 amide bonds. The second-order valence-electron chi connectivity index (χ2n) is 5.47. The van der Waals surface area contributed by atoms with Crippen LogP contribution in [0.2, 0.25) is 0 Å². The van der Waals surface area contributed by atoms with Gasteiger partial charge in [-0.25, -0.2) is 38.7 Å². The van der Waals surface area contributed by atoms with E-state index in [1.165, 1.54) is 30.2 Å². The fourth-order valence-corrected chi connectivity index (χ4v) is 2.89. The number of halogens is 2. The van der Waals surface area contributed by atoms with E-state index in [0.717, 1.165) is 0 Å². The van der Waals surface area contributed by atoms with E-state index in [2.05, 4.69) is 35.2 Å². The quantitative estimate of drug-likeness (QED) is 0.722. The van der Waals surface area contributed by atoms with Crippen molar-refractivity contribution >= 4 is 17.3 Å². The van der Waals surface area contributed by atoms with E-state index < -0.39 is 12.6 Å². The van der Waals surface area contributed by atoms with Crippen LogP contribution in [0.15, 0.2) is 37.4 Å². The zero-order chi connectivity index (χ0) is 18.8. The van der Waals surface area contributed by atoms with Crippen molar-refractivity contribution in [3.8, 4) is 17.1 Å². The molecule has 1 aliphatic heterocycles. The third-order valence-electron chi connectivity index (χ3n) is 3.91. The average Bonchev–Trinajstić information content (AvgIpc) is 3.10. The molecule has 2 aromatic heterocycles. The Morgan fingerprint density at radius 1 is 1.07 bits per heavy atom. The van der Waals surface area contributed by atoms with Crippen molar-refractivity contribution in [2.75, 3.05) is 16.8 Å².